The van der Waals surface area contributed by atoms with Gasteiger partial charge >= 0.3 is 0 Å². The number of aromatic nitrogens is 1. The van der Waals surface area contributed by atoms with E-state index in [1.807, 2.05) is 28.8 Å². The van der Waals surface area contributed by atoms with Gasteiger partial charge in [0, 0.05) is 48.8 Å². The van der Waals surface area contributed by atoms with Crippen molar-refractivity contribution in [1.29, 1.82) is 0 Å². The van der Waals surface area contributed by atoms with Crippen LogP contribution in [0.5, 0.6) is 11.5 Å². The summed E-state index contributed by atoms with van der Waals surface area (Å²) < 4.78 is 26.9. The Kier molecular flexibility index (Phi) is 6.10. The zero-order chi connectivity index (χ0) is 21.9. The van der Waals surface area contributed by atoms with Gasteiger partial charge in [-0.2, -0.15) is 0 Å². The topological polar surface area (TPSA) is 55.7 Å². The lowest BCUT2D eigenvalue weighted by atomic mass is 10.1. The van der Waals surface area contributed by atoms with Crippen molar-refractivity contribution in [3.63, 3.8) is 0 Å². The minimum Gasteiger partial charge on any atom is -0.454 e. The van der Waals surface area contributed by atoms with Crippen molar-refractivity contribution >= 4 is 10.9 Å². The smallest absolute Gasteiger partial charge is 0.255 e. The molecule has 5 rings (SSSR count). The number of halogens is 1. The SMILES string of the molecule is O=c1c(CNCc2ccccc2F)cc2cc3c(cc2n1CCN1CCCCC1)OCO3. The lowest BCUT2D eigenvalue weighted by molar-refractivity contribution is 0.174. The maximum absolute atomic E-state index is 13.9. The van der Waals surface area contributed by atoms with Crippen LogP contribution in [0.4, 0.5) is 4.39 Å². The molecule has 1 aromatic heterocycles. The molecule has 1 fully saturated rings. The van der Waals surface area contributed by atoms with Crippen LogP contribution >= 0.6 is 0 Å². The molecule has 0 radical (unpaired) electrons. The molecule has 0 aliphatic carbocycles. The van der Waals surface area contributed by atoms with Gasteiger partial charge < -0.3 is 24.3 Å². The lowest BCUT2D eigenvalue weighted by Crippen LogP contribution is -2.36. The Morgan fingerprint density at radius 2 is 1.66 bits per heavy atom. The number of ether oxygens (including phenoxy) is 2. The van der Waals surface area contributed by atoms with E-state index in [1.165, 1.54) is 25.3 Å². The van der Waals surface area contributed by atoms with Gasteiger partial charge in [-0.15, -0.1) is 0 Å². The maximum atomic E-state index is 13.9. The largest absolute Gasteiger partial charge is 0.454 e. The molecule has 0 bridgehead atoms. The van der Waals surface area contributed by atoms with Gasteiger partial charge in [0.1, 0.15) is 5.82 Å². The first kappa shape index (κ1) is 21.0. The van der Waals surface area contributed by atoms with Gasteiger partial charge in [0.15, 0.2) is 11.5 Å². The maximum Gasteiger partial charge on any atom is 0.255 e. The third-order valence-corrected chi connectivity index (χ3v) is 6.34. The molecule has 6 nitrogen and oxygen atoms in total. The second-order valence-electron chi connectivity index (χ2n) is 8.49. The summed E-state index contributed by atoms with van der Waals surface area (Å²) in [5, 5.41) is 4.17. The Morgan fingerprint density at radius 3 is 2.47 bits per heavy atom. The second-order valence-corrected chi connectivity index (χ2v) is 8.49. The molecular formula is C25H28FN3O3. The minimum absolute atomic E-state index is 0.0191. The van der Waals surface area contributed by atoms with Crippen molar-refractivity contribution in [3.05, 3.63) is 69.8 Å². The van der Waals surface area contributed by atoms with E-state index in [2.05, 4.69) is 10.2 Å². The van der Waals surface area contributed by atoms with E-state index in [0.29, 0.717) is 42.3 Å². The molecule has 3 heterocycles. The highest BCUT2D eigenvalue weighted by Crippen LogP contribution is 2.35. The molecule has 32 heavy (non-hydrogen) atoms. The van der Waals surface area contributed by atoms with Crippen LogP contribution in [-0.4, -0.2) is 35.9 Å². The molecule has 1 saturated heterocycles. The summed E-state index contributed by atoms with van der Waals surface area (Å²) in [7, 11) is 0. The highest BCUT2D eigenvalue weighted by molar-refractivity contribution is 5.84. The van der Waals surface area contributed by atoms with Crippen LogP contribution in [0, 0.1) is 5.82 Å². The number of hydrogen-bond acceptors (Lipinski definition) is 5. The van der Waals surface area contributed by atoms with Gasteiger partial charge in [-0.3, -0.25) is 4.79 Å². The first-order valence-corrected chi connectivity index (χ1v) is 11.3. The molecule has 1 N–H and O–H groups in total. The van der Waals surface area contributed by atoms with E-state index in [-0.39, 0.29) is 18.2 Å². The van der Waals surface area contributed by atoms with E-state index >= 15 is 0 Å². The summed E-state index contributed by atoms with van der Waals surface area (Å²) in [5.41, 5.74) is 2.08. The average Bonchev–Trinajstić information content (AvgIpc) is 3.27. The molecule has 2 aromatic carbocycles. The third-order valence-electron chi connectivity index (χ3n) is 6.34. The number of pyridine rings is 1. The Bertz CT molecular complexity index is 1170. The monoisotopic (exact) mass is 437 g/mol. The molecular weight excluding hydrogens is 409 g/mol. The second kappa shape index (κ2) is 9.30. The van der Waals surface area contributed by atoms with Crippen LogP contribution < -0.4 is 20.3 Å². The third kappa shape index (κ3) is 4.36. The number of hydrogen-bond donors (Lipinski definition) is 1. The summed E-state index contributed by atoms with van der Waals surface area (Å²) in [6, 6.07) is 12.4. The van der Waals surface area contributed by atoms with Crippen LogP contribution in [0.1, 0.15) is 30.4 Å². The quantitative estimate of drug-likeness (QED) is 0.612. The van der Waals surface area contributed by atoms with Crippen LogP contribution in [0.3, 0.4) is 0 Å². The molecule has 0 saturated carbocycles. The summed E-state index contributed by atoms with van der Waals surface area (Å²) >= 11 is 0. The van der Waals surface area contributed by atoms with Crippen molar-refractivity contribution in [2.24, 2.45) is 0 Å². The van der Waals surface area contributed by atoms with Crippen molar-refractivity contribution in [2.75, 3.05) is 26.4 Å². The molecule has 0 amide bonds. The normalized spacial score (nSPS) is 16.0. The van der Waals surface area contributed by atoms with E-state index in [4.69, 9.17) is 9.47 Å². The number of fused-ring (bicyclic) bond motifs is 2. The number of benzene rings is 2. The Hall–Kier alpha value is -2.90. The standard InChI is InChI=1S/C25H28FN3O3/c26-21-7-3-2-6-18(21)15-27-16-20-12-19-13-23-24(32-17-31-23)14-22(19)29(25(20)30)11-10-28-8-4-1-5-9-28/h2-3,6-7,12-14,27H,1,4-5,8-11,15-17H2. The van der Waals surface area contributed by atoms with E-state index in [9.17, 15) is 9.18 Å². The molecule has 2 aliphatic heterocycles. The predicted octanol–water partition coefficient (Wildman–Crippen LogP) is 3.65. The van der Waals surface area contributed by atoms with Crippen molar-refractivity contribution in [3.8, 4) is 11.5 Å². The summed E-state index contributed by atoms with van der Waals surface area (Å²) in [6.45, 7) is 4.55. The zero-order valence-corrected chi connectivity index (χ0v) is 18.1. The molecule has 0 atom stereocenters. The average molecular weight is 438 g/mol. The fourth-order valence-electron chi connectivity index (χ4n) is 4.58. The van der Waals surface area contributed by atoms with Gasteiger partial charge in [-0.25, -0.2) is 4.39 Å². The van der Waals surface area contributed by atoms with E-state index in [1.54, 1.807) is 12.1 Å². The van der Waals surface area contributed by atoms with Crippen molar-refractivity contribution in [1.82, 2.24) is 14.8 Å². The minimum atomic E-state index is -0.245. The zero-order valence-electron chi connectivity index (χ0n) is 18.1. The summed E-state index contributed by atoms with van der Waals surface area (Å²) in [6.07, 6.45) is 3.72. The molecule has 0 spiro atoms. The molecule has 2 aliphatic rings. The van der Waals surface area contributed by atoms with E-state index in [0.717, 1.165) is 30.5 Å². The fraction of sp³-hybridized carbons (Fsp3) is 0.400. The van der Waals surface area contributed by atoms with Gasteiger partial charge in [0.05, 0.1) is 5.52 Å². The molecule has 7 heteroatoms. The number of nitrogens with one attached hydrogen (secondary N) is 1. The number of likely N-dealkylation sites (tertiary alicyclic amines) is 1. The van der Waals surface area contributed by atoms with Crippen LogP contribution in [0.25, 0.3) is 10.9 Å². The lowest BCUT2D eigenvalue weighted by Gasteiger charge is -2.27. The Morgan fingerprint density at radius 1 is 0.906 bits per heavy atom. The van der Waals surface area contributed by atoms with Gasteiger partial charge in [-0.1, -0.05) is 24.6 Å². The first-order valence-electron chi connectivity index (χ1n) is 11.3. The van der Waals surface area contributed by atoms with Crippen molar-refractivity contribution in [2.45, 2.75) is 38.9 Å². The predicted molar refractivity (Wildman–Crippen MR) is 122 cm³/mol. The van der Waals surface area contributed by atoms with Gasteiger partial charge in [0.2, 0.25) is 6.79 Å². The number of piperidine rings is 1. The first-order chi connectivity index (χ1) is 15.7. The van der Waals surface area contributed by atoms with Gasteiger partial charge in [0.25, 0.3) is 5.56 Å². The number of rotatable bonds is 7. The Balaban J connectivity index is 1.43. The van der Waals surface area contributed by atoms with Crippen LogP contribution in [0.2, 0.25) is 0 Å². The van der Waals surface area contributed by atoms with E-state index < -0.39 is 0 Å². The molecule has 0 unspecified atom stereocenters. The van der Waals surface area contributed by atoms with Crippen LogP contribution in [0.15, 0.2) is 47.3 Å². The summed E-state index contributed by atoms with van der Waals surface area (Å²) in [4.78, 5) is 15.9. The number of nitrogens with zero attached hydrogens (tertiary/aromatic N) is 2. The molecule has 168 valence electrons. The van der Waals surface area contributed by atoms with Crippen molar-refractivity contribution < 1.29 is 13.9 Å². The van der Waals surface area contributed by atoms with Crippen LogP contribution in [-0.2, 0) is 19.6 Å². The summed E-state index contributed by atoms with van der Waals surface area (Å²) in [5.74, 6) is 1.13. The molecule has 3 aromatic rings. The highest BCUT2D eigenvalue weighted by atomic mass is 19.1. The van der Waals surface area contributed by atoms with Gasteiger partial charge in [-0.05, 0) is 44.1 Å². The fourth-order valence-corrected chi connectivity index (χ4v) is 4.58. The highest BCUT2D eigenvalue weighted by Gasteiger charge is 2.19. The Labute approximate surface area is 186 Å².